The monoisotopic (exact) mass is 406 g/mol. The van der Waals surface area contributed by atoms with Gasteiger partial charge >= 0.3 is 5.97 Å². The molecule has 2 aromatic rings. The van der Waals surface area contributed by atoms with Gasteiger partial charge < -0.3 is 10.1 Å². The molecule has 0 unspecified atom stereocenters. The summed E-state index contributed by atoms with van der Waals surface area (Å²) in [6.07, 6.45) is 3.28. The topological polar surface area (TPSA) is 68.3 Å². The summed E-state index contributed by atoms with van der Waals surface area (Å²) in [6, 6.07) is 7.41. The van der Waals surface area contributed by atoms with Gasteiger partial charge in [0.15, 0.2) is 12.3 Å². The first-order chi connectivity index (χ1) is 12.9. The van der Waals surface area contributed by atoms with E-state index in [2.05, 4.69) is 24.1 Å². The van der Waals surface area contributed by atoms with Crippen LogP contribution in [0.2, 0.25) is 5.02 Å². The number of hydrogen-bond acceptors (Lipinski definition) is 5. The zero-order valence-corrected chi connectivity index (χ0v) is 17.0. The highest BCUT2D eigenvalue weighted by molar-refractivity contribution is 7.13. The summed E-state index contributed by atoms with van der Waals surface area (Å²) in [4.78, 5) is 28.6. The van der Waals surface area contributed by atoms with Crippen LogP contribution in [0.15, 0.2) is 29.6 Å². The van der Waals surface area contributed by atoms with Crippen molar-refractivity contribution >= 4 is 34.8 Å². The summed E-state index contributed by atoms with van der Waals surface area (Å²) in [5.74, 6) is 0.156. The van der Waals surface area contributed by atoms with E-state index in [-0.39, 0.29) is 24.2 Å². The van der Waals surface area contributed by atoms with Gasteiger partial charge in [0.05, 0.1) is 0 Å². The second-order valence-corrected chi connectivity index (χ2v) is 8.36. The molecule has 3 rings (SSSR count). The molecule has 1 N–H and O–H groups in total. The molecular formula is C20H23ClN2O3S. The van der Waals surface area contributed by atoms with Gasteiger partial charge in [0, 0.05) is 22.0 Å². The van der Waals surface area contributed by atoms with Gasteiger partial charge in [-0.05, 0) is 30.4 Å². The molecule has 1 amide bonds. The van der Waals surface area contributed by atoms with Crippen molar-refractivity contribution in [2.24, 2.45) is 11.8 Å². The molecule has 0 bridgehead atoms. The zero-order chi connectivity index (χ0) is 19.4. The second kappa shape index (κ2) is 8.85. The molecule has 1 saturated carbocycles. The predicted octanol–water partition coefficient (Wildman–Crippen LogP) is 4.56. The minimum Gasteiger partial charge on any atom is -0.451 e. The van der Waals surface area contributed by atoms with E-state index in [9.17, 15) is 9.59 Å². The average molecular weight is 407 g/mol. The molecule has 5 nitrogen and oxygen atoms in total. The minimum absolute atomic E-state index is 0.147. The van der Waals surface area contributed by atoms with Crippen LogP contribution in [0, 0.1) is 11.8 Å². The third kappa shape index (κ3) is 5.08. The Hall–Kier alpha value is -1.92. The summed E-state index contributed by atoms with van der Waals surface area (Å²) in [7, 11) is 0. The van der Waals surface area contributed by atoms with Crippen LogP contribution in [-0.2, 0) is 9.53 Å². The lowest BCUT2D eigenvalue weighted by Gasteiger charge is -2.34. The van der Waals surface area contributed by atoms with Crippen molar-refractivity contribution in [3.63, 3.8) is 0 Å². The molecule has 1 heterocycles. The fraction of sp³-hybridized carbons (Fsp3) is 0.450. The maximum atomic E-state index is 12.2. The molecular weight excluding hydrogens is 384 g/mol. The lowest BCUT2D eigenvalue weighted by Crippen LogP contribution is -2.45. The Morgan fingerprint density at radius 3 is 2.93 bits per heavy atom. The lowest BCUT2D eigenvalue weighted by molar-refractivity contribution is -0.125. The molecule has 1 aromatic heterocycles. The molecule has 0 radical (unpaired) electrons. The number of carbonyl (C=O) groups excluding carboxylic acids is 2. The van der Waals surface area contributed by atoms with Gasteiger partial charge in [-0.2, -0.15) is 0 Å². The van der Waals surface area contributed by atoms with Crippen LogP contribution in [0.1, 0.15) is 43.6 Å². The quantitative estimate of drug-likeness (QED) is 0.739. The smallest absolute Gasteiger partial charge is 0.358 e. The molecule has 7 heteroatoms. The molecule has 1 fully saturated rings. The van der Waals surface area contributed by atoms with Crippen molar-refractivity contribution < 1.29 is 14.3 Å². The Bertz CT molecular complexity index is 823. The third-order valence-electron chi connectivity index (χ3n) is 5.17. The molecule has 3 atom stereocenters. The first-order valence-electron chi connectivity index (χ1n) is 9.12. The van der Waals surface area contributed by atoms with Crippen molar-refractivity contribution in [3.05, 3.63) is 40.4 Å². The van der Waals surface area contributed by atoms with Gasteiger partial charge in [-0.1, -0.05) is 50.4 Å². The van der Waals surface area contributed by atoms with Crippen LogP contribution in [0.4, 0.5) is 0 Å². The maximum Gasteiger partial charge on any atom is 0.358 e. The first kappa shape index (κ1) is 19.8. The largest absolute Gasteiger partial charge is 0.451 e. The number of ether oxygens (including phenoxy) is 1. The Labute approximate surface area is 168 Å². The van der Waals surface area contributed by atoms with Crippen LogP contribution < -0.4 is 5.32 Å². The number of rotatable bonds is 5. The zero-order valence-electron chi connectivity index (χ0n) is 15.4. The Kier molecular flexibility index (Phi) is 6.50. The second-order valence-electron chi connectivity index (χ2n) is 7.07. The highest BCUT2D eigenvalue weighted by atomic mass is 35.5. The van der Waals surface area contributed by atoms with Crippen LogP contribution in [0.25, 0.3) is 10.6 Å². The number of halogens is 1. The number of thiazole rings is 1. The number of hydrogen-bond donors (Lipinski definition) is 1. The summed E-state index contributed by atoms with van der Waals surface area (Å²) in [5.41, 5.74) is 1.03. The van der Waals surface area contributed by atoms with Crippen LogP contribution in [0.5, 0.6) is 0 Å². The van der Waals surface area contributed by atoms with Gasteiger partial charge in [0.25, 0.3) is 5.91 Å². The van der Waals surface area contributed by atoms with Gasteiger partial charge in [-0.3, -0.25) is 4.79 Å². The van der Waals surface area contributed by atoms with Crippen molar-refractivity contribution in [3.8, 4) is 10.6 Å². The molecule has 0 saturated heterocycles. The van der Waals surface area contributed by atoms with Gasteiger partial charge in [-0.25, -0.2) is 9.78 Å². The number of nitrogens with zero attached hydrogens (tertiary/aromatic N) is 1. The van der Waals surface area contributed by atoms with E-state index in [4.69, 9.17) is 16.3 Å². The van der Waals surface area contributed by atoms with Crippen LogP contribution in [-0.4, -0.2) is 29.5 Å². The average Bonchev–Trinajstić information content (AvgIpc) is 3.14. The van der Waals surface area contributed by atoms with E-state index in [0.717, 1.165) is 18.4 Å². The fourth-order valence-corrected chi connectivity index (χ4v) is 4.34. The normalized spacial score (nSPS) is 22.3. The van der Waals surface area contributed by atoms with Crippen molar-refractivity contribution in [1.29, 1.82) is 0 Å². The third-order valence-corrected chi connectivity index (χ3v) is 6.30. The molecule has 1 aliphatic carbocycles. The molecule has 1 aliphatic rings. The van der Waals surface area contributed by atoms with Gasteiger partial charge in [0.2, 0.25) is 0 Å². The number of amides is 1. The van der Waals surface area contributed by atoms with Crippen LogP contribution in [0.3, 0.4) is 0 Å². The molecule has 144 valence electrons. The van der Waals surface area contributed by atoms with Gasteiger partial charge in [-0.15, -0.1) is 11.3 Å². The highest BCUT2D eigenvalue weighted by Gasteiger charge is 2.28. The fourth-order valence-electron chi connectivity index (χ4n) is 3.36. The van der Waals surface area contributed by atoms with E-state index in [1.807, 2.05) is 12.1 Å². The van der Waals surface area contributed by atoms with E-state index in [1.54, 1.807) is 17.5 Å². The van der Waals surface area contributed by atoms with Gasteiger partial charge in [0.1, 0.15) is 5.01 Å². The number of nitrogens with one attached hydrogen (secondary N) is 1. The van der Waals surface area contributed by atoms with E-state index < -0.39 is 5.97 Å². The van der Waals surface area contributed by atoms with E-state index >= 15 is 0 Å². The summed E-state index contributed by atoms with van der Waals surface area (Å²) >= 11 is 7.32. The molecule has 0 spiro atoms. The lowest BCUT2D eigenvalue weighted by atomic mass is 9.78. The van der Waals surface area contributed by atoms with E-state index in [0.29, 0.717) is 21.9 Å². The summed E-state index contributed by atoms with van der Waals surface area (Å²) in [5, 5.41) is 5.91. The number of benzene rings is 1. The van der Waals surface area contributed by atoms with Crippen molar-refractivity contribution in [2.45, 2.75) is 39.2 Å². The first-order valence-corrected chi connectivity index (χ1v) is 10.4. The molecule has 27 heavy (non-hydrogen) atoms. The number of esters is 1. The van der Waals surface area contributed by atoms with Crippen LogP contribution >= 0.6 is 22.9 Å². The highest BCUT2D eigenvalue weighted by Crippen LogP contribution is 2.29. The minimum atomic E-state index is -0.597. The van der Waals surface area contributed by atoms with Crippen molar-refractivity contribution in [2.75, 3.05) is 6.61 Å². The summed E-state index contributed by atoms with van der Waals surface area (Å²) < 4.78 is 5.13. The molecule has 1 aromatic carbocycles. The SMILES string of the molecule is C[C@@H]1[C@@H](C)CCC[C@H]1NC(=O)COC(=O)c1csc(-c2cccc(Cl)c2)n1. The predicted molar refractivity (Wildman–Crippen MR) is 107 cm³/mol. The maximum absolute atomic E-state index is 12.2. The number of aromatic nitrogens is 1. The Morgan fingerprint density at radius 1 is 1.33 bits per heavy atom. The number of carbonyl (C=O) groups is 2. The summed E-state index contributed by atoms with van der Waals surface area (Å²) in [6.45, 7) is 4.08. The standard InChI is InChI=1S/C20H23ClN2O3S/c1-12-5-3-8-16(13(12)2)22-18(24)10-26-20(25)17-11-27-19(23-17)14-6-4-7-15(21)9-14/h4,6-7,9,11-13,16H,3,5,8,10H2,1-2H3,(H,22,24)/t12-,13+,16+/m0/s1. The molecule has 0 aliphatic heterocycles. The Balaban J connectivity index is 1.53. The van der Waals surface area contributed by atoms with Crippen molar-refractivity contribution in [1.82, 2.24) is 10.3 Å². The van der Waals surface area contributed by atoms with E-state index in [1.165, 1.54) is 17.8 Å². The Morgan fingerprint density at radius 2 is 2.15 bits per heavy atom.